The SMILES string of the molecule is CCCC(CCC)C(=O)NCCc1ccoc1. The van der Waals surface area contributed by atoms with Crippen LogP contribution in [0.15, 0.2) is 23.0 Å². The van der Waals surface area contributed by atoms with Gasteiger partial charge in [-0.15, -0.1) is 0 Å². The van der Waals surface area contributed by atoms with E-state index in [0.717, 1.165) is 37.7 Å². The van der Waals surface area contributed by atoms with Gasteiger partial charge in [0, 0.05) is 12.5 Å². The van der Waals surface area contributed by atoms with Gasteiger partial charge < -0.3 is 9.73 Å². The molecule has 0 spiro atoms. The summed E-state index contributed by atoms with van der Waals surface area (Å²) < 4.78 is 4.98. The average molecular weight is 237 g/mol. The summed E-state index contributed by atoms with van der Waals surface area (Å²) in [5.74, 6) is 0.395. The first-order valence-corrected chi connectivity index (χ1v) is 6.56. The Labute approximate surface area is 104 Å². The molecule has 0 radical (unpaired) electrons. The summed E-state index contributed by atoms with van der Waals surface area (Å²) in [4.78, 5) is 11.9. The van der Waals surface area contributed by atoms with Gasteiger partial charge in [0.15, 0.2) is 0 Å². The summed E-state index contributed by atoms with van der Waals surface area (Å²) in [5, 5.41) is 3.01. The van der Waals surface area contributed by atoms with Crippen LogP contribution < -0.4 is 5.32 Å². The molecule has 3 heteroatoms. The van der Waals surface area contributed by atoms with Gasteiger partial charge in [0.05, 0.1) is 12.5 Å². The van der Waals surface area contributed by atoms with Crippen molar-refractivity contribution in [3.05, 3.63) is 24.2 Å². The summed E-state index contributed by atoms with van der Waals surface area (Å²) in [5.41, 5.74) is 1.13. The van der Waals surface area contributed by atoms with Crippen LogP contribution in [0.5, 0.6) is 0 Å². The monoisotopic (exact) mass is 237 g/mol. The molecule has 1 heterocycles. The molecule has 0 aliphatic carbocycles. The van der Waals surface area contributed by atoms with Crippen LogP contribution in [0, 0.1) is 5.92 Å². The van der Waals surface area contributed by atoms with Gasteiger partial charge in [-0.05, 0) is 30.9 Å². The smallest absolute Gasteiger partial charge is 0.223 e. The average Bonchev–Trinajstić information content (AvgIpc) is 2.81. The first-order chi connectivity index (χ1) is 8.27. The van der Waals surface area contributed by atoms with Crippen molar-refractivity contribution in [1.82, 2.24) is 5.32 Å². The van der Waals surface area contributed by atoms with Crippen molar-refractivity contribution in [3.8, 4) is 0 Å². The van der Waals surface area contributed by atoms with E-state index in [1.165, 1.54) is 0 Å². The van der Waals surface area contributed by atoms with E-state index < -0.39 is 0 Å². The predicted molar refractivity (Wildman–Crippen MR) is 68.7 cm³/mol. The molecule has 96 valence electrons. The number of furan rings is 1. The Morgan fingerprint density at radius 1 is 1.35 bits per heavy atom. The number of nitrogens with one attached hydrogen (secondary N) is 1. The zero-order valence-corrected chi connectivity index (χ0v) is 10.9. The summed E-state index contributed by atoms with van der Waals surface area (Å²) >= 11 is 0. The Bertz CT molecular complexity index is 300. The molecule has 0 aliphatic rings. The minimum atomic E-state index is 0.189. The van der Waals surface area contributed by atoms with Crippen LogP contribution in [0.4, 0.5) is 0 Å². The van der Waals surface area contributed by atoms with E-state index in [0.29, 0.717) is 6.54 Å². The lowest BCUT2D eigenvalue weighted by Gasteiger charge is -2.14. The van der Waals surface area contributed by atoms with Crippen molar-refractivity contribution < 1.29 is 9.21 Å². The van der Waals surface area contributed by atoms with Crippen molar-refractivity contribution in [2.45, 2.75) is 46.0 Å². The second-order valence-electron chi connectivity index (χ2n) is 4.45. The highest BCUT2D eigenvalue weighted by Crippen LogP contribution is 2.13. The zero-order chi connectivity index (χ0) is 12.5. The molecule has 3 nitrogen and oxygen atoms in total. The highest BCUT2D eigenvalue weighted by molar-refractivity contribution is 5.78. The molecule has 0 fully saturated rings. The molecule has 0 saturated heterocycles. The van der Waals surface area contributed by atoms with Crippen LogP contribution in [0.25, 0.3) is 0 Å². The summed E-state index contributed by atoms with van der Waals surface area (Å²) in [7, 11) is 0. The van der Waals surface area contributed by atoms with Crippen molar-refractivity contribution in [1.29, 1.82) is 0 Å². The van der Waals surface area contributed by atoms with Crippen LogP contribution in [-0.4, -0.2) is 12.5 Å². The fourth-order valence-corrected chi connectivity index (χ4v) is 2.01. The quantitative estimate of drug-likeness (QED) is 0.754. The van der Waals surface area contributed by atoms with Crippen LogP contribution >= 0.6 is 0 Å². The van der Waals surface area contributed by atoms with E-state index in [9.17, 15) is 4.79 Å². The molecule has 0 bridgehead atoms. The fourth-order valence-electron chi connectivity index (χ4n) is 2.01. The third kappa shape index (κ3) is 5.07. The molecular formula is C14H23NO2. The van der Waals surface area contributed by atoms with E-state index >= 15 is 0 Å². The highest BCUT2D eigenvalue weighted by atomic mass is 16.3. The Hall–Kier alpha value is -1.25. The van der Waals surface area contributed by atoms with E-state index in [-0.39, 0.29) is 11.8 Å². The number of amides is 1. The Morgan fingerprint density at radius 2 is 2.06 bits per heavy atom. The standard InChI is InChI=1S/C14H23NO2/c1-3-5-13(6-4-2)14(16)15-9-7-12-8-10-17-11-12/h8,10-11,13H,3-7,9H2,1-2H3,(H,15,16). The number of carbonyl (C=O) groups is 1. The molecule has 0 unspecified atom stereocenters. The summed E-state index contributed by atoms with van der Waals surface area (Å²) in [6, 6.07) is 1.93. The van der Waals surface area contributed by atoms with Gasteiger partial charge in [-0.1, -0.05) is 26.7 Å². The van der Waals surface area contributed by atoms with Gasteiger partial charge in [0.25, 0.3) is 0 Å². The lowest BCUT2D eigenvalue weighted by atomic mass is 9.97. The van der Waals surface area contributed by atoms with Gasteiger partial charge in [0.1, 0.15) is 0 Å². The first kappa shape index (κ1) is 13.8. The van der Waals surface area contributed by atoms with E-state index in [1.807, 2.05) is 6.07 Å². The van der Waals surface area contributed by atoms with Crippen LogP contribution in [0.3, 0.4) is 0 Å². The maximum Gasteiger partial charge on any atom is 0.223 e. The van der Waals surface area contributed by atoms with Crippen molar-refractivity contribution in [2.75, 3.05) is 6.54 Å². The fraction of sp³-hybridized carbons (Fsp3) is 0.643. The van der Waals surface area contributed by atoms with Crippen molar-refractivity contribution >= 4 is 5.91 Å². The number of hydrogen-bond donors (Lipinski definition) is 1. The number of hydrogen-bond acceptors (Lipinski definition) is 2. The Balaban J connectivity index is 2.26. The third-order valence-corrected chi connectivity index (χ3v) is 2.94. The van der Waals surface area contributed by atoms with Crippen molar-refractivity contribution in [3.63, 3.8) is 0 Å². The van der Waals surface area contributed by atoms with Gasteiger partial charge in [-0.25, -0.2) is 0 Å². The molecule has 1 aromatic rings. The Morgan fingerprint density at radius 3 is 2.59 bits per heavy atom. The second-order valence-corrected chi connectivity index (χ2v) is 4.45. The normalized spacial score (nSPS) is 10.8. The van der Waals surface area contributed by atoms with Crippen LogP contribution in [0.1, 0.15) is 45.1 Å². The lowest BCUT2D eigenvalue weighted by Crippen LogP contribution is -2.32. The molecule has 0 aliphatic heterocycles. The summed E-state index contributed by atoms with van der Waals surface area (Å²) in [6.45, 7) is 4.95. The van der Waals surface area contributed by atoms with E-state index in [2.05, 4.69) is 19.2 Å². The molecular weight excluding hydrogens is 214 g/mol. The molecule has 0 aromatic carbocycles. The zero-order valence-electron chi connectivity index (χ0n) is 10.9. The molecule has 17 heavy (non-hydrogen) atoms. The largest absolute Gasteiger partial charge is 0.472 e. The van der Waals surface area contributed by atoms with Crippen LogP contribution in [0.2, 0.25) is 0 Å². The lowest BCUT2D eigenvalue weighted by molar-refractivity contribution is -0.125. The minimum absolute atomic E-state index is 0.189. The number of carbonyl (C=O) groups excluding carboxylic acids is 1. The number of rotatable bonds is 8. The topological polar surface area (TPSA) is 42.2 Å². The molecule has 1 N–H and O–H groups in total. The predicted octanol–water partition coefficient (Wildman–Crippen LogP) is 3.15. The van der Waals surface area contributed by atoms with Gasteiger partial charge in [0.2, 0.25) is 5.91 Å². The van der Waals surface area contributed by atoms with Gasteiger partial charge in [-0.2, -0.15) is 0 Å². The van der Waals surface area contributed by atoms with Crippen LogP contribution in [-0.2, 0) is 11.2 Å². The summed E-state index contributed by atoms with van der Waals surface area (Å²) in [6.07, 6.45) is 8.35. The Kier molecular flexibility index (Phi) is 6.45. The maximum atomic E-state index is 11.9. The highest BCUT2D eigenvalue weighted by Gasteiger charge is 2.15. The minimum Gasteiger partial charge on any atom is -0.472 e. The van der Waals surface area contributed by atoms with E-state index in [1.54, 1.807) is 12.5 Å². The maximum absolute atomic E-state index is 11.9. The van der Waals surface area contributed by atoms with Crippen molar-refractivity contribution in [2.24, 2.45) is 5.92 Å². The molecule has 1 aromatic heterocycles. The van der Waals surface area contributed by atoms with E-state index in [4.69, 9.17) is 4.42 Å². The molecule has 1 amide bonds. The second kappa shape index (κ2) is 7.93. The first-order valence-electron chi connectivity index (χ1n) is 6.56. The van der Waals surface area contributed by atoms with Gasteiger partial charge in [-0.3, -0.25) is 4.79 Å². The molecule has 0 atom stereocenters. The third-order valence-electron chi connectivity index (χ3n) is 2.94. The molecule has 1 rings (SSSR count). The van der Waals surface area contributed by atoms with Gasteiger partial charge >= 0.3 is 0 Å². The molecule has 0 saturated carbocycles.